The quantitative estimate of drug-likeness (QED) is 0.253. The van der Waals surface area contributed by atoms with E-state index in [0.717, 1.165) is 36.4 Å². The minimum absolute atomic E-state index is 0.106. The highest BCUT2D eigenvalue weighted by Gasteiger charge is 2.22. The van der Waals surface area contributed by atoms with Crippen LogP contribution in [0.25, 0.3) is 0 Å². The van der Waals surface area contributed by atoms with Crippen molar-refractivity contribution in [2.45, 2.75) is 16.2 Å². The summed E-state index contributed by atoms with van der Waals surface area (Å²) in [6.07, 6.45) is -0.694. The van der Waals surface area contributed by atoms with E-state index in [0.29, 0.717) is 14.6 Å². The molecule has 0 fully saturated rings. The largest absolute Gasteiger partial charge is 0.506 e. The third-order valence-electron chi connectivity index (χ3n) is 4.16. The predicted octanol–water partition coefficient (Wildman–Crippen LogP) is 5.09. The van der Waals surface area contributed by atoms with Crippen molar-refractivity contribution in [1.29, 1.82) is 0 Å². The number of rotatable bonds is 7. The van der Waals surface area contributed by atoms with Crippen molar-refractivity contribution < 1.29 is 37.3 Å². The molecule has 0 aliphatic carbocycles. The van der Waals surface area contributed by atoms with Crippen molar-refractivity contribution in [2.24, 2.45) is 0 Å². The lowest BCUT2D eigenvalue weighted by atomic mass is 10.2. The number of phenols is 1. The van der Waals surface area contributed by atoms with Gasteiger partial charge in [0.05, 0.1) is 13.8 Å². The summed E-state index contributed by atoms with van der Waals surface area (Å²) < 4.78 is 45.0. The van der Waals surface area contributed by atoms with Gasteiger partial charge in [-0.3, -0.25) is 9.59 Å². The highest BCUT2D eigenvalue weighted by molar-refractivity contribution is 9.11. The summed E-state index contributed by atoms with van der Waals surface area (Å²) in [7, 11) is -4.09. The standard InChI is InChI=1S/C21H14Br2FNO7S/c22-15-7-12(25-19(27)10-20(28)29)8-16(23)21(15)32-13-3-6-18(17(26)9-13)33(30,31)14-4-1-11(24)2-5-14/h1-9,26H,10H2,(H,25,27)(H,28,29). The van der Waals surface area contributed by atoms with E-state index in [4.69, 9.17) is 9.84 Å². The Bertz CT molecular complexity index is 1320. The Balaban J connectivity index is 1.84. The maximum atomic E-state index is 13.1. The van der Waals surface area contributed by atoms with Gasteiger partial charge in [-0.1, -0.05) is 0 Å². The van der Waals surface area contributed by atoms with Gasteiger partial charge < -0.3 is 20.3 Å². The molecule has 3 aromatic rings. The zero-order valence-corrected chi connectivity index (χ0v) is 20.4. The van der Waals surface area contributed by atoms with Crippen LogP contribution in [-0.2, 0) is 19.4 Å². The van der Waals surface area contributed by atoms with Crippen LogP contribution in [0.5, 0.6) is 17.2 Å². The van der Waals surface area contributed by atoms with E-state index in [1.807, 2.05) is 0 Å². The number of carboxylic acid groups (broad SMARTS) is 1. The number of hydrogen-bond acceptors (Lipinski definition) is 6. The van der Waals surface area contributed by atoms with Gasteiger partial charge in [-0.15, -0.1) is 0 Å². The molecule has 3 aromatic carbocycles. The number of ether oxygens (including phenoxy) is 1. The van der Waals surface area contributed by atoms with Gasteiger partial charge in [0.1, 0.15) is 28.6 Å². The number of benzene rings is 3. The minimum Gasteiger partial charge on any atom is -0.506 e. The van der Waals surface area contributed by atoms with Crippen LogP contribution in [0.4, 0.5) is 10.1 Å². The number of aliphatic carboxylic acids is 1. The van der Waals surface area contributed by atoms with Gasteiger partial charge in [-0.25, -0.2) is 12.8 Å². The second kappa shape index (κ2) is 9.89. The molecule has 0 radical (unpaired) electrons. The zero-order chi connectivity index (χ0) is 24.3. The SMILES string of the molecule is O=C(O)CC(=O)Nc1cc(Br)c(Oc2ccc(S(=O)(=O)c3ccc(F)cc3)c(O)c2)c(Br)c1. The van der Waals surface area contributed by atoms with Crippen LogP contribution in [0.15, 0.2) is 73.3 Å². The smallest absolute Gasteiger partial charge is 0.312 e. The summed E-state index contributed by atoms with van der Waals surface area (Å²) in [5.41, 5.74) is 0.302. The fourth-order valence-corrected chi connectivity index (χ4v) is 5.40. The Morgan fingerprint density at radius 3 is 2.15 bits per heavy atom. The van der Waals surface area contributed by atoms with Gasteiger partial charge in [-0.05, 0) is 80.4 Å². The monoisotopic (exact) mass is 601 g/mol. The van der Waals surface area contributed by atoms with Crippen LogP contribution in [0.2, 0.25) is 0 Å². The summed E-state index contributed by atoms with van der Waals surface area (Å²) in [4.78, 5) is 21.7. The Labute approximate surface area is 204 Å². The fourth-order valence-electron chi connectivity index (χ4n) is 2.72. The van der Waals surface area contributed by atoms with E-state index in [-0.39, 0.29) is 21.3 Å². The third kappa shape index (κ3) is 5.89. The van der Waals surface area contributed by atoms with Crippen LogP contribution in [-0.4, -0.2) is 30.5 Å². The Morgan fingerprint density at radius 1 is 1.00 bits per heavy atom. The molecule has 0 heterocycles. The van der Waals surface area contributed by atoms with E-state index in [1.165, 1.54) is 18.2 Å². The first-order valence-electron chi connectivity index (χ1n) is 8.99. The molecular formula is C21H14Br2FNO7S. The number of amides is 1. The maximum Gasteiger partial charge on any atom is 0.312 e. The third-order valence-corrected chi connectivity index (χ3v) is 7.15. The number of carbonyl (C=O) groups excluding carboxylic acids is 1. The molecular weight excluding hydrogens is 589 g/mol. The lowest BCUT2D eigenvalue weighted by molar-refractivity contribution is -0.139. The van der Waals surface area contributed by atoms with Gasteiger partial charge in [0, 0.05) is 11.8 Å². The molecule has 0 atom stereocenters. The first-order valence-corrected chi connectivity index (χ1v) is 12.1. The molecule has 0 aliphatic rings. The van der Waals surface area contributed by atoms with Crippen LogP contribution in [0, 0.1) is 5.82 Å². The normalized spacial score (nSPS) is 11.1. The lowest BCUT2D eigenvalue weighted by Gasteiger charge is -2.14. The number of aromatic hydroxyl groups is 1. The second-order valence-electron chi connectivity index (χ2n) is 6.58. The van der Waals surface area contributed by atoms with E-state index < -0.39 is 39.7 Å². The summed E-state index contributed by atoms with van der Waals surface area (Å²) in [6, 6.07) is 10.8. The Kier molecular flexibility index (Phi) is 7.40. The molecule has 8 nitrogen and oxygen atoms in total. The number of carbonyl (C=O) groups is 2. The van der Waals surface area contributed by atoms with Gasteiger partial charge in [0.15, 0.2) is 5.75 Å². The van der Waals surface area contributed by atoms with Crippen molar-refractivity contribution in [3.05, 3.63) is 69.4 Å². The average Bonchev–Trinajstić information content (AvgIpc) is 2.70. The van der Waals surface area contributed by atoms with Crippen molar-refractivity contribution >= 4 is 59.3 Å². The van der Waals surface area contributed by atoms with E-state index in [2.05, 4.69) is 37.2 Å². The number of carboxylic acids is 1. The lowest BCUT2D eigenvalue weighted by Crippen LogP contribution is -2.15. The van der Waals surface area contributed by atoms with Gasteiger partial charge >= 0.3 is 5.97 Å². The van der Waals surface area contributed by atoms with E-state index >= 15 is 0 Å². The Hall–Kier alpha value is -2.96. The number of nitrogens with one attached hydrogen (secondary N) is 1. The molecule has 12 heteroatoms. The van der Waals surface area contributed by atoms with Crippen molar-refractivity contribution in [3.63, 3.8) is 0 Å². The van der Waals surface area contributed by atoms with Crippen LogP contribution in [0.3, 0.4) is 0 Å². The van der Waals surface area contributed by atoms with Gasteiger partial charge in [0.2, 0.25) is 15.7 Å². The van der Waals surface area contributed by atoms with E-state index in [9.17, 15) is 27.5 Å². The number of anilines is 1. The molecule has 0 aromatic heterocycles. The van der Waals surface area contributed by atoms with Crippen molar-refractivity contribution in [2.75, 3.05) is 5.32 Å². The molecule has 0 unspecified atom stereocenters. The fraction of sp³-hybridized carbons (Fsp3) is 0.0476. The molecule has 0 aliphatic heterocycles. The summed E-state index contributed by atoms with van der Waals surface area (Å²) in [5.74, 6) is -2.78. The summed E-state index contributed by atoms with van der Waals surface area (Å²) in [5, 5.41) is 21.4. The number of phenolic OH excluding ortho intramolecular Hbond substituents is 1. The molecule has 33 heavy (non-hydrogen) atoms. The zero-order valence-electron chi connectivity index (χ0n) is 16.4. The number of hydrogen-bond donors (Lipinski definition) is 3. The summed E-state index contributed by atoms with van der Waals surface area (Å²) in [6.45, 7) is 0. The second-order valence-corrected chi connectivity index (χ2v) is 10.2. The van der Waals surface area contributed by atoms with Crippen molar-refractivity contribution in [1.82, 2.24) is 0 Å². The predicted molar refractivity (Wildman–Crippen MR) is 123 cm³/mol. The average molecular weight is 603 g/mol. The van der Waals surface area contributed by atoms with Crippen LogP contribution in [0.1, 0.15) is 6.42 Å². The highest BCUT2D eigenvalue weighted by atomic mass is 79.9. The highest BCUT2D eigenvalue weighted by Crippen LogP contribution is 2.41. The Morgan fingerprint density at radius 2 is 1.61 bits per heavy atom. The molecule has 172 valence electrons. The van der Waals surface area contributed by atoms with E-state index in [1.54, 1.807) is 0 Å². The first-order chi connectivity index (χ1) is 15.5. The van der Waals surface area contributed by atoms with Crippen molar-refractivity contribution in [3.8, 4) is 17.2 Å². The summed E-state index contributed by atoms with van der Waals surface area (Å²) >= 11 is 6.57. The maximum absolute atomic E-state index is 13.1. The molecule has 0 saturated carbocycles. The molecule has 1 amide bonds. The van der Waals surface area contributed by atoms with Crippen LogP contribution >= 0.6 is 31.9 Å². The first kappa shape index (κ1) is 24.7. The molecule has 3 rings (SSSR count). The van der Waals surface area contributed by atoms with Gasteiger partial charge in [-0.2, -0.15) is 0 Å². The van der Waals surface area contributed by atoms with Gasteiger partial charge in [0.25, 0.3) is 0 Å². The topological polar surface area (TPSA) is 130 Å². The molecule has 0 spiro atoms. The van der Waals surface area contributed by atoms with Crippen LogP contribution < -0.4 is 10.1 Å². The number of sulfone groups is 1. The number of halogens is 3. The minimum atomic E-state index is -4.09. The molecule has 0 bridgehead atoms. The molecule has 0 saturated heterocycles. The molecule has 3 N–H and O–H groups in total.